The molecule has 3 nitrogen and oxygen atoms in total. The summed E-state index contributed by atoms with van der Waals surface area (Å²) in [5.41, 5.74) is 5.70. The zero-order chi connectivity index (χ0) is 12.8. The minimum absolute atomic E-state index is 0.694. The molecule has 2 rings (SSSR count). The van der Waals surface area contributed by atoms with Gasteiger partial charge in [0.1, 0.15) is 0 Å². The zero-order valence-electron chi connectivity index (χ0n) is 11.4. The van der Waals surface area contributed by atoms with Gasteiger partial charge in [0, 0.05) is 24.2 Å². The summed E-state index contributed by atoms with van der Waals surface area (Å²) >= 11 is 1.63. The lowest BCUT2D eigenvalue weighted by atomic mass is 9.89. The van der Waals surface area contributed by atoms with Crippen LogP contribution in [-0.4, -0.2) is 23.0 Å². The maximum Gasteiger partial charge on any atom is 0.180 e. The number of nitrogen functional groups attached to an aromatic ring is 1. The lowest BCUT2D eigenvalue weighted by Gasteiger charge is -2.29. The highest BCUT2D eigenvalue weighted by atomic mass is 32.1. The molecule has 0 bridgehead atoms. The van der Waals surface area contributed by atoms with Gasteiger partial charge in [0.05, 0.1) is 0 Å². The van der Waals surface area contributed by atoms with E-state index in [-0.39, 0.29) is 0 Å². The van der Waals surface area contributed by atoms with Crippen molar-refractivity contribution in [1.29, 1.82) is 0 Å². The van der Waals surface area contributed by atoms with E-state index in [0.29, 0.717) is 5.13 Å². The van der Waals surface area contributed by atoms with Crippen LogP contribution in [0, 0.1) is 5.92 Å². The Hall–Kier alpha value is -0.610. The molecule has 1 fully saturated rings. The van der Waals surface area contributed by atoms with Crippen LogP contribution in [0.25, 0.3) is 0 Å². The number of anilines is 1. The van der Waals surface area contributed by atoms with Gasteiger partial charge < -0.3 is 5.73 Å². The fourth-order valence-corrected chi connectivity index (χ4v) is 3.63. The highest BCUT2D eigenvalue weighted by Gasteiger charge is 2.17. The van der Waals surface area contributed by atoms with E-state index in [2.05, 4.69) is 16.8 Å². The van der Waals surface area contributed by atoms with Crippen LogP contribution in [0.2, 0.25) is 0 Å². The molecule has 0 aliphatic heterocycles. The second-order valence-electron chi connectivity index (χ2n) is 5.40. The van der Waals surface area contributed by atoms with Gasteiger partial charge in [-0.25, -0.2) is 4.98 Å². The Balaban J connectivity index is 1.86. The maximum atomic E-state index is 5.70. The fourth-order valence-electron chi connectivity index (χ4n) is 2.90. The third-order valence-electron chi connectivity index (χ3n) is 3.73. The van der Waals surface area contributed by atoms with E-state index in [1.54, 1.807) is 11.3 Å². The van der Waals surface area contributed by atoms with Crippen LogP contribution in [0.4, 0.5) is 5.13 Å². The van der Waals surface area contributed by atoms with Gasteiger partial charge in [-0.15, -0.1) is 11.3 Å². The molecule has 4 heteroatoms. The number of rotatable bonds is 6. The monoisotopic (exact) mass is 267 g/mol. The first-order valence-electron chi connectivity index (χ1n) is 7.20. The number of nitrogens with two attached hydrogens (primary N) is 1. The van der Waals surface area contributed by atoms with Crippen molar-refractivity contribution in [3.8, 4) is 0 Å². The van der Waals surface area contributed by atoms with Crippen molar-refractivity contribution in [2.24, 2.45) is 5.92 Å². The maximum absolute atomic E-state index is 5.70. The van der Waals surface area contributed by atoms with Crippen LogP contribution in [0.3, 0.4) is 0 Å². The van der Waals surface area contributed by atoms with E-state index in [1.807, 2.05) is 6.20 Å². The molecule has 1 aliphatic rings. The van der Waals surface area contributed by atoms with Crippen molar-refractivity contribution in [3.63, 3.8) is 0 Å². The normalized spacial score (nSPS) is 17.4. The van der Waals surface area contributed by atoms with Crippen molar-refractivity contribution in [1.82, 2.24) is 9.88 Å². The van der Waals surface area contributed by atoms with Crippen molar-refractivity contribution in [2.75, 3.05) is 18.8 Å². The van der Waals surface area contributed by atoms with Gasteiger partial charge in [-0.3, -0.25) is 4.90 Å². The molecule has 1 saturated carbocycles. The average molecular weight is 267 g/mol. The van der Waals surface area contributed by atoms with Crippen molar-refractivity contribution >= 4 is 16.5 Å². The molecule has 0 aromatic carbocycles. The number of hydrogen-bond acceptors (Lipinski definition) is 4. The Morgan fingerprint density at radius 1 is 1.39 bits per heavy atom. The van der Waals surface area contributed by atoms with Crippen LogP contribution in [0.5, 0.6) is 0 Å². The summed E-state index contributed by atoms with van der Waals surface area (Å²) in [7, 11) is 0. The van der Waals surface area contributed by atoms with Gasteiger partial charge in [-0.2, -0.15) is 0 Å². The third-order valence-corrected chi connectivity index (χ3v) is 4.54. The summed E-state index contributed by atoms with van der Waals surface area (Å²) in [5.74, 6) is 0.913. The Kier molecular flexibility index (Phi) is 5.45. The van der Waals surface area contributed by atoms with Gasteiger partial charge in [-0.05, 0) is 31.7 Å². The van der Waals surface area contributed by atoms with E-state index in [0.717, 1.165) is 12.5 Å². The van der Waals surface area contributed by atoms with Crippen LogP contribution in [-0.2, 0) is 6.54 Å². The number of aromatic nitrogens is 1. The first kappa shape index (κ1) is 13.8. The van der Waals surface area contributed by atoms with Crippen LogP contribution in [0.1, 0.15) is 50.3 Å². The molecule has 0 atom stereocenters. The summed E-state index contributed by atoms with van der Waals surface area (Å²) in [6, 6.07) is 0. The Bertz CT molecular complexity index is 345. The summed E-state index contributed by atoms with van der Waals surface area (Å²) in [4.78, 5) is 8.04. The van der Waals surface area contributed by atoms with Gasteiger partial charge in [0.2, 0.25) is 0 Å². The van der Waals surface area contributed by atoms with E-state index in [4.69, 9.17) is 5.73 Å². The third kappa shape index (κ3) is 4.25. The summed E-state index contributed by atoms with van der Waals surface area (Å²) in [6.45, 7) is 5.73. The quantitative estimate of drug-likeness (QED) is 0.857. The summed E-state index contributed by atoms with van der Waals surface area (Å²) in [5, 5.41) is 0.694. The lowest BCUT2D eigenvalue weighted by molar-refractivity contribution is 0.195. The molecular weight excluding hydrogens is 242 g/mol. The van der Waals surface area contributed by atoms with Crippen molar-refractivity contribution < 1.29 is 0 Å². The number of thiazole rings is 1. The molecule has 1 heterocycles. The first-order chi connectivity index (χ1) is 8.78. The van der Waals surface area contributed by atoms with Crippen molar-refractivity contribution in [3.05, 3.63) is 11.1 Å². The highest BCUT2D eigenvalue weighted by Crippen LogP contribution is 2.25. The number of hydrogen-bond donors (Lipinski definition) is 1. The molecule has 0 amide bonds. The molecule has 1 aromatic rings. The SMILES string of the molecule is CCCN(Cc1cnc(N)s1)CC1CCCCC1. The lowest BCUT2D eigenvalue weighted by Crippen LogP contribution is -2.30. The molecule has 18 heavy (non-hydrogen) atoms. The summed E-state index contributed by atoms with van der Waals surface area (Å²) in [6.07, 6.45) is 10.3. The molecule has 0 radical (unpaired) electrons. The fraction of sp³-hybridized carbons (Fsp3) is 0.786. The average Bonchev–Trinajstić information content (AvgIpc) is 2.76. The standard InChI is InChI=1S/C14H25N3S/c1-2-8-17(10-12-6-4-3-5-7-12)11-13-9-16-14(15)18-13/h9,12H,2-8,10-11H2,1H3,(H2,15,16). The molecule has 102 valence electrons. The molecular formula is C14H25N3S. The van der Waals surface area contributed by atoms with Gasteiger partial charge in [0.25, 0.3) is 0 Å². The number of nitrogens with zero attached hydrogens (tertiary/aromatic N) is 2. The van der Waals surface area contributed by atoms with Crippen LogP contribution >= 0.6 is 11.3 Å². The van der Waals surface area contributed by atoms with E-state index in [1.165, 1.54) is 56.5 Å². The van der Waals surface area contributed by atoms with Crippen LogP contribution < -0.4 is 5.73 Å². The second kappa shape index (κ2) is 7.10. The van der Waals surface area contributed by atoms with E-state index < -0.39 is 0 Å². The van der Waals surface area contributed by atoms with E-state index in [9.17, 15) is 0 Å². The van der Waals surface area contributed by atoms with Gasteiger partial charge in [-0.1, -0.05) is 26.2 Å². The Morgan fingerprint density at radius 3 is 2.78 bits per heavy atom. The Labute approximate surface area is 114 Å². The first-order valence-corrected chi connectivity index (χ1v) is 8.02. The molecule has 0 spiro atoms. The minimum Gasteiger partial charge on any atom is -0.375 e. The van der Waals surface area contributed by atoms with E-state index >= 15 is 0 Å². The largest absolute Gasteiger partial charge is 0.375 e. The highest BCUT2D eigenvalue weighted by molar-refractivity contribution is 7.15. The second-order valence-corrected chi connectivity index (χ2v) is 6.55. The van der Waals surface area contributed by atoms with Crippen LogP contribution in [0.15, 0.2) is 6.20 Å². The Morgan fingerprint density at radius 2 is 2.17 bits per heavy atom. The summed E-state index contributed by atoms with van der Waals surface area (Å²) < 4.78 is 0. The molecule has 0 unspecified atom stereocenters. The molecule has 0 saturated heterocycles. The van der Waals surface area contributed by atoms with Gasteiger partial charge >= 0.3 is 0 Å². The molecule has 2 N–H and O–H groups in total. The topological polar surface area (TPSA) is 42.2 Å². The molecule has 1 aromatic heterocycles. The smallest absolute Gasteiger partial charge is 0.180 e. The predicted molar refractivity (Wildman–Crippen MR) is 78.7 cm³/mol. The molecule has 1 aliphatic carbocycles. The predicted octanol–water partition coefficient (Wildman–Crippen LogP) is 3.52. The van der Waals surface area contributed by atoms with Gasteiger partial charge in [0.15, 0.2) is 5.13 Å². The minimum atomic E-state index is 0.694. The van der Waals surface area contributed by atoms with Crippen molar-refractivity contribution in [2.45, 2.75) is 52.0 Å². The zero-order valence-corrected chi connectivity index (χ0v) is 12.2.